The largest absolute Gasteiger partial charge is 0.384 e. The van der Waals surface area contributed by atoms with Crippen LogP contribution in [0.2, 0.25) is 0 Å². The molecule has 2 nitrogen and oxygen atoms in total. The average molecular weight is 244 g/mol. The van der Waals surface area contributed by atoms with Crippen LogP contribution in [-0.4, -0.2) is 27.4 Å². The summed E-state index contributed by atoms with van der Waals surface area (Å²) in [5, 5.41) is 0. The van der Waals surface area contributed by atoms with Crippen molar-refractivity contribution < 1.29 is 9.47 Å². The summed E-state index contributed by atoms with van der Waals surface area (Å²) in [6.07, 6.45) is 7.57. The molecule has 0 bridgehead atoms. The van der Waals surface area contributed by atoms with Gasteiger partial charge in [-0.15, -0.1) is 0 Å². The van der Waals surface area contributed by atoms with E-state index in [1.165, 1.54) is 38.5 Å². The third kappa shape index (κ3) is 7.05. The van der Waals surface area contributed by atoms with Crippen LogP contribution < -0.4 is 0 Å². The van der Waals surface area contributed by atoms with Crippen molar-refractivity contribution in [3.63, 3.8) is 0 Å². The van der Waals surface area contributed by atoms with Crippen molar-refractivity contribution in [3.05, 3.63) is 0 Å². The monoisotopic (exact) mass is 244 g/mol. The van der Waals surface area contributed by atoms with E-state index in [-0.39, 0.29) is 5.41 Å². The zero-order chi connectivity index (χ0) is 13.1. The minimum atomic E-state index is 0.230. The topological polar surface area (TPSA) is 18.5 Å². The molecule has 0 N–H and O–H groups in total. The summed E-state index contributed by atoms with van der Waals surface area (Å²) in [7, 11) is 3.61. The van der Waals surface area contributed by atoms with Crippen LogP contribution in [-0.2, 0) is 9.47 Å². The van der Waals surface area contributed by atoms with Crippen LogP contribution in [0.1, 0.15) is 59.3 Å². The Hall–Kier alpha value is -0.0800. The van der Waals surface area contributed by atoms with E-state index in [9.17, 15) is 0 Å². The highest BCUT2D eigenvalue weighted by Crippen LogP contribution is 2.34. The molecule has 0 spiro atoms. The second-order valence-electron chi connectivity index (χ2n) is 5.54. The molecule has 0 aliphatic rings. The van der Waals surface area contributed by atoms with E-state index in [1.54, 1.807) is 14.2 Å². The highest BCUT2D eigenvalue weighted by Gasteiger charge is 2.31. The Balaban J connectivity index is 4.46. The van der Waals surface area contributed by atoms with Crippen molar-refractivity contribution in [3.8, 4) is 0 Å². The molecule has 0 fully saturated rings. The second kappa shape index (κ2) is 9.90. The smallest absolute Gasteiger partial charge is 0.0540 e. The van der Waals surface area contributed by atoms with Gasteiger partial charge in [0.25, 0.3) is 0 Å². The molecule has 0 aliphatic heterocycles. The lowest BCUT2D eigenvalue weighted by Crippen LogP contribution is -2.33. The van der Waals surface area contributed by atoms with Gasteiger partial charge in [-0.05, 0) is 18.8 Å². The molecule has 0 aliphatic carbocycles. The van der Waals surface area contributed by atoms with Crippen molar-refractivity contribution >= 4 is 0 Å². The Bertz CT molecular complexity index is 162. The second-order valence-corrected chi connectivity index (χ2v) is 5.54. The highest BCUT2D eigenvalue weighted by molar-refractivity contribution is 4.81. The Labute approximate surface area is 108 Å². The molecule has 0 aromatic carbocycles. The van der Waals surface area contributed by atoms with E-state index < -0.39 is 0 Å². The fourth-order valence-corrected chi connectivity index (χ4v) is 2.65. The maximum Gasteiger partial charge on any atom is 0.0540 e. The van der Waals surface area contributed by atoms with Gasteiger partial charge in [-0.1, -0.05) is 46.5 Å². The van der Waals surface area contributed by atoms with E-state index in [0.29, 0.717) is 0 Å². The molecule has 0 radical (unpaired) electrons. The van der Waals surface area contributed by atoms with E-state index in [2.05, 4.69) is 20.8 Å². The van der Waals surface area contributed by atoms with E-state index in [0.717, 1.165) is 19.1 Å². The first kappa shape index (κ1) is 16.9. The van der Waals surface area contributed by atoms with Crippen molar-refractivity contribution in [1.82, 2.24) is 0 Å². The van der Waals surface area contributed by atoms with Crippen LogP contribution in [0.15, 0.2) is 0 Å². The molecule has 2 heteroatoms. The van der Waals surface area contributed by atoms with Gasteiger partial charge in [0.15, 0.2) is 0 Å². The van der Waals surface area contributed by atoms with Crippen LogP contribution in [0.4, 0.5) is 0 Å². The van der Waals surface area contributed by atoms with Crippen LogP contribution >= 0.6 is 0 Å². The van der Waals surface area contributed by atoms with Crippen molar-refractivity contribution in [1.29, 1.82) is 0 Å². The fourth-order valence-electron chi connectivity index (χ4n) is 2.65. The lowest BCUT2D eigenvalue weighted by molar-refractivity contribution is -0.0120. The molecule has 0 amide bonds. The van der Waals surface area contributed by atoms with Gasteiger partial charge < -0.3 is 9.47 Å². The van der Waals surface area contributed by atoms with Crippen molar-refractivity contribution in [2.75, 3.05) is 27.4 Å². The molecule has 0 rings (SSSR count). The summed E-state index contributed by atoms with van der Waals surface area (Å²) in [4.78, 5) is 0. The molecule has 0 aromatic heterocycles. The quantitative estimate of drug-likeness (QED) is 0.505. The van der Waals surface area contributed by atoms with Gasteiger partial charge >= 0.3 is 0 Å². The molecule has 17 heavy (non-hydrogen) atoms. The van der Waals surface area contributed by atoms with Gasteiger partial charge in [-0.3, -0.25) is 0 Å². The standard InChI is InChI=1S/C15H32O2/c1-6-8-9-10-15(12-16-4,13-17-5)11-14(3)7-2/h14H,6-13H2,1-5H3. The molecule has 104 valence electrons. The molecule has 0 saturated heterocycles. The molecule has 1 unspecified atom stereocenters. The predicted molar refractivity (Wildman–Crippen MR) is 74.4 cm³/mol. The summed E-state index contributed by atoms with van der Waals surface area (Å²) in [6.45, 7) is 8.51. The molecule has 0 aromatic rings. The van der Waals surface area contributed by atoms with E-state index in [1.807, 2.05) is 0 Å². The van der Waals surface area contributed by atoms with Crippen LogP contribution in [0, 0.1) is 11.3 Å². The number of hydrogen-bond acceptors (Lipinski definition) is 2. The normalized spacial score (nSPS) is 13.9. The number of ether oxygens (including phenoxy) is 2. The minimum Gasteiger partial charge on any atom is -0.384 e. The first-order valence-electron chi connectivity index (χ1n) is 7.12. The average Bonchev–Trinajstić information content (AvgIpc) is 2.30. The van der Waals surface area contributed by atoms with Gasteiger partial charge in [0.05, 0.1) is 13.2 Å². The Morgan fingerprint density at radius 3 is 2.00 bits per heavy atom. The maximum absolute atomic E-state index is 5.46. The number of unbranched alkanes of at least 4 members (excludes halogenated alkanes) is 2. The molecule has 0 heterocycles. The fraction of sp³-hybridized carbons (Fsp3) is 1.00. The predicted octanol–water partition coefficient (Wildman–Crippen LogP) is 4.28. The van der Waals surface area contributed by atoms with Crippen LogP contribution in [0.5, 0.6) is 0 Å². The van der Waals surface area contributed by atoms with Gasteiger partial charge in [0.1, 0.15) is 0 Å². The Morgan fingerprint density at radius 2 is 1.59 bits per heavy atom. The summed E-state index contributed by atoms with van der Waals surface area (Å²) in [6, 6.07) is 0. The van der Waals surface area contributed by atoms with Crippen molar-refractivity contribution in [2.24, 2.45) is 11.3 Å². The van der Waals surface area contributed by atoms with Gasteiger partial charge in [0.2, 0.25) is 0 Å². The van der Waals surface area contributed by atoms with E-state index in [4.69, 9.17) is 9.47 Å². The van der Waals surface area contributed by atoms with E-state index >= 15 is 0 Å². The maximum atomic E-state index is 5.46. The molecular formula is C15H32O2. The summed E-state index contributed by atoms with van der Waals surface area (Å²) in [5.41, 5.74) is 0.230. The minimum absolute atomic E-state index is 0.230. The number of methoxy groups -OCH3 is 2. The first-order valence-corrected chi connectivity index (χ1v) is 7.12. The summed E-state index contributed by atoms with van der Waals surface area (Å²) in [5.74, 6) is 0.752. The Kier molecular flexibility index (Phi) is 9.85. The van der Waals surface area contributed by atoms with Crippen molar-refractivity contribution in [2.45, 2.75) is 59.3 Å². The zero-order valence-electron chi connectivity index (χ0n) is 12.6. The summed E-state index contributed by atoms with van der Waals surface area (Å²) < 4.78 is 10.9. The zero-order valence-corrected chi connectivity index (χ0v) is 12.6. The van der Waals surface area contributed by atoms with Gasteiger partial charge in [-0.2, -0.15) is 0 Å². The molecular weight excluding hydrogens is 212 g/mol. The SMILES string of the molecule is CCCCCC(COC)(COC)CC(C)CC. The number of hydrogen-bond donors (Lipinski definition) is 0. The molecule has 1 atom stereocenters. The van der Waals surface area contributed by atoms with Crippen LogP contribution in [0.25, 0.3) is 0 Å². The lowest BCUT2D eigenvalue weighted by atomic mass is 9.76. The third-order valence-electron chi connectivity index (χ3n) is 3.69. The van der Waals surface area contributed by atoms with Gasteiger partial charge in [-0.25, -0.2) is 0 Å². The third-order valence-corrected chi connectivity index (χ3v) is 3.69. The van der Waals surface area contributed by atoms with Crippen LogP contribution in [0.3, 0.4) is 0 Å². The lowest BCUT2D eigenvalue weighted by Gasteiger charge is -2.35. The summed E-state index contributed by atoms with van der Waals surface area (Å²) >= 11 is 0. The van der Waals surface area contributed by atoms with Gasteiger partial charge in [0, 0.05) is 19.6 Å². The first-order chi connectivity index (χ1) is 8.14. The molecule has 0 saturated carbocycles. The highest BCUT2D eigenvalue weighted by atomic mass is 16.5. The Morgan fingerprint density at radius 1 is 1.00 bits per heavy atom. The number of rotatable bonds is 11.